The molecule has 10 heteroatoms. The van der Waals surface area contributed by atoms with E-state index in [9.17, 15) is 4.79 Å². The molecule has 1 aromatic rings. The fourth-order valence-electron chi connectivity index (χ4n) is 1.97. The van der Waals surface area contributed by atoms with Crippen molar-refractivity contribution < 1.29 is 4.79 Å². The van der Waals surface area contributed by atoms with Gasteiger partial charge >= 0.3 is 0 Å². The fourth-order valence-corrected chi connectivity index (χ4v) is 3.37. The van der Waals surface area contributed by atoms with E-state index in [1.54, 1.807) is 6.07 Å². The third kappa shape index (κ3) is 8.52. The summed E-state index contributed by atoms with van der Waals surface area (Å²) >= 11 is 13.7. The zero-order valence-corrected chi connectivity index (χ0v) is 16.3. The van der Waals surface area contributed by atoms with Crippen molar-refractivity contribution >= 4 is 71.5 Å². The van der Waals surface area contributed by atoms with Gasteiger partial charge in [0.25, 0.3) is 0 Å². The number of carbonyl (C=O) groups is 1. The van der Waals surface area contributed by atoms with Gasteiger partial charge in [-0.05, 0) is 6.07 Å². The Morgan fingerprint density at radius 2 is 2.17 bits per heavy atom. The number of aromatic nitrogens is 1. The third-order valence-corrected chi connectivity index (χ3v) is 4.60. The number of thioether (sulfide) groups is 1. The summed E-state index contributed by atoms with van der Waals surface area (Å²) in [4.78, 5) is 15.9. The number of hydrogen-bond acceptors (Lipinski definition) is 5. The number of amides is 1. The van der Waals surface area contributed by atoms with Gasteiger partial charge in [-0.15, -0.1) is 24.8 Å². The highest BCUT2D eigenvalue weighted by molar-refractivity contribution is 7.99. The van der Waals surface area contributed by atoms with E-state index in [-0.39, 0.29) is 36.8 Å². The summed E-state index contributed by atoms with van der Waals surface area (Å²) in [5.41, 5.74) is 0. The number of nitrogens with one attached hydrogen (secondary N) is 3. The SMILES string of the molecule is Cl.Cl.O=C(CC1CSCCN1)NCCNc1ncc(Cl)cc1Cl. The van der Waals surface area contributed by atoms with Crippen molar-refractivity contribution in [2.24, 2.45) is 0 Å². The van der Waals surface area contributed by atoms with Gasteiger partial charge in [-0.1, -0.05) is 23.2 Å². The molecule has 0 aromatic carbocycles. The van der Waals surface area contributed by atoms with Crippen LogP contribution < -0.4 is 16.0 Å². The fraction of sp³-hybridized carbons (Fsp3) is 0.538. The molecular weight excluding hydrogens is 402 g/mol. The van der Waals surface area contributed by atoms with Crippen LogP contribution in [0.15, 0.2) is 12.3 Å². The first-order valence-electron chi connectivity index (χ1n) is 6.78. The van der Waals surface area contributed by atoms with Gasteiger partial charge in [0.05, 0.1) is 10.0 Å². The third-order valence-electron chi connectivity index (χ3n) is 2.98. The van der Waals surface area contributed by atoms with E-state index in [0.29, 0.717) is 35.4 Å². The van der Waals surface area contributed by atoms with Gasteiger partial charge in [-0.3, -0.25) is 4.79 Å². The standard InChI is InChI=1S/C13H18Cl2N4OS.2ClH/c14-9-5-11(15)13(19-7-9)18-2-1-17-12(20)6-10-8-21-4-3-16-10;;/h5,7,10,16H,1-4,6,8H2,(H,17,20)(H,18,19);2*1H. The maximum Gasteiger partial charge on any atom is 0.221 e. The highest BCUT2D eigenvalue weighted by Gasteiger charge is 2.16. The lowest BCUT2D eigenvalue weighted by molar-refractivity contribution is -0.121. The van der Waals surface area contributed by atoms with Crippen molar-refractivity contribution in [1.82, 2.24) is 15.6 Å². The summed E-state index contributed by atoms with van der Waals surface area (Å²) in [5.74, 6) is 2.75. The van der Waals surface area contributed by atoms with Gasteiger partial charge in [-0.25, -0.2) is 4.98 Å². The Morgan fingerprint density at radius 3 is 2.83 bits per heavy atom. The van der Waals surface area contributed by atoms with Crippen LogP contribution >= 0.6 is 59.8 Å². The Kier molecular flexibility index (Phi) is 12.2. The van der Waals surface area contributed by atoms with Gasteiger partial charge in [0, 0.05) is 49.8 Å². The van der Waals surface area contributed by atoms with Crippen LogP contribution in [0.2, 0.25) is 10.0 Å². The van der Waals surface area contributed by atoms with E-state index in [4.69, 9.17) is 23.2 Å². The largest absolute Gasteiger partial charge is 0.367 e. The molecule has 0 radical (unpaired) electrons. The number of anilines is 1. The molecule has 1 atom stereocenters. The minimum absolute atomic E-state index is 0. The van der Waals surface area contributed by atoms with Gasteiger partial charge in [0.2, 0.25) is 5.91 Å². The van der Waals surface area contributed by atoms with E-state index in [2.05, 4.69) is 20.9 Å². The van der Waals surface area contributed by atoms with E-state index in [1.807, 2.05) is 11.8 Å². The highest BCUT2D eigenvalue weighted by atomic mass is 35.5. The Bertz CT molecular complexity index is 489. The molecule has 1 unspecified atom stereocenters. The first kappa shape index (κ1) is 22.9. The van der Waals surface area contributed by atoms with Crippen molar-refractivity contribution in [1.29, 1.82) is 0 Å². The molecule has 1 aromatic heterocycles. The summed E-state index contributed by atoms with van der Waals surface area (Å²) in [6, 6.07) is 1.91. The van der Waals surface area contributed by atoms with Crippen LogP contribution in [0.3, 0.4) is 0 Å². The Balaban J connectivity index is 0.00000242. The average molecular weight is 422 g/mol. The molecule has 0 saturated carbocycles. The van der Waals surface area contributed by atoms with Crippen LogP contribution in [-0.2, 0) is 4.79 Å². The molecule has 132 valence electrons. The minimum Gasteiger partial charge on any atom is -0.367 e. The maximum atomic E-state index is 11.8. The Morgan fingerprint density at radius 1 is 1.39 bits per heavy atom. The highest BCUT2D eigenvalue weighted by Crippen LogP contribution is 2.21. The number of hydrogen-bond donors (Lipinski definition) is 3. The molecule has 0 spiro atoms. The lowest BCUT2D eigenvalue weighted by Crippen LogP contribution is -2.42. The van der Waals surface area contributed by atoms with Crippen molar-refractivity contribution in [3.05, 3.63) is 22.3 Å². The van der Waals surface area contributed by atoms with E-state index in [0.717, 1.165) is 18.1 Å². The molecule has 1 aliphatic heterocycles. The molecule has 1 fully saturated rings. The van der Waals surface area contributed by atoms with Crippen LogP contribution in [0.4, 0.5) is 5.82 Å². The molecule has 1 amide bonds. The monoisotopic (exact) mass is 420 g/mol. The zero-order chi connectivity index (χ0) is 15.1. The van der Waals surface area contributed by atoms with Gasteiger partial charge in [0.1, 0.15) is 5.82 Å². The molecule has 1 aliphatic rings. The molecule has 5 nitrogen and oxygen atoms in total. The van der Waals surface area contributed by atoms with Crippen molar-refractivity contribution in [2.75, 3.05) is 36.5 Å². The number of nitrogens with zero attached hydrogens (tertiary/aromatic N) is 1. The zero-order valence-electron chi connectivity index (χ0n) is 12.3. The van der Waals surface area contributed by atoms with Gasteiger partial charge < -0.3 is 16.0 Å². The van der Waals surface area contributed by atoms with Crippen molar-refractivity contribution in [3.63, 3.8) is 0 Å². The molecule has 2 rings (SSSR count). The van der Waals surface area contributed by atoms with Crippen LogP contribution in [-0.4, -0.2) is 48.1 Å². The quantitative estimate of drug-likeness (QED) is 0.616. The Labute approximate surface area is 162 Å². The second-order valence-electron chi connectivity index (χ2n) is 4.69. The number of halogens is 4. The van der Waals surface area contributed by atoms with Crippen molar-refractivity contribution in [3.8, 4) is 0 Å². The summed E-state index contributed by atoms with van der Waals surface area (Å²) in [6.45, 7) is 2.07. The first-order valence-corrected chi connectivity index (χ1v) is 8.69. The summed E-state index contributed by atoms with van der Waals surface area (Å²) in [7, 11) is 0. The molecule has 3 N–H and O–H groups in total. The molecular formula is C13H20Cl4N4OS. The van der Waals surface area contributed by atoms with Crippen LogP contribution in [0, 0.1) is 0 Å². The van der Waals surface area contributed by atoms with E-state index >= 15 is 0 Å². The molecule has 2 heterocycles. The molecule has 0 aliphatic carbocycles. The number of rotatable bonds is 6. The van der Waals surface area contributed by atoms with E-state index in [1.165, 1.54) is 6.20 Å². The predicted molar refractivity (Wildman–Crippen MR) is 104 cm³/mol. The van der Waals surface area contributed by atoms with Crippen molar-refractivity contribution in [2.45, 2.75) is 12.5 Å². The van der Waals surface area contributed by atoms with E-state index < -0.39 is 0 Å². The summed E-state index contributed by atoms with van der Waals surface area (Å²) in [5, 5.41) is 10.3. The second-order valence-corrected chi connectivity index (χ2v) is 6.68. The molecule has 23 heavy (non-hydrogen) atoms. The molecule has 0 bridgehead atoms. The first-order chi connectivity index (χ1) is 10.1. The number of carbonyl (C=O) groups excluding carboxylic acids is 1. The normalized spacial score (nSPS) is 16.7. The maximum absolute atomic E-state index is 11.8. The van der Waals surface area contributed by atoms with Crippen LogP contribution in [0.25, 0.3) is 0 Å². The lowest BCUT2D eigenvalue weighted by Gasteiger charge is -2.22. The average Bonchev–Trinajstić information content (AvgIpc) is 2.46. The topological polar surface area (TPSA) is 66.1 Å². The minimum atomic E-state index is 0. The summed E-state index contributed by atoms with van der Waals surface area (Å²) in [6.07, 6.45) is 2.05. The van der Waals surface area contributed by atoms with Gasteiger partial charge in [-0.2, -0.15) is 11.8 Å². The Hall–Kier alpha value is -0.110. The smallest absolute Gasteiger partial charge is 0.221 e. The second kappa shape index (κ2) is 12.3. The predicted octanol–water partition coefficient (Wildman–Crippen LogP) is 2.86. The van der Waals surface area contributed by atoms with Crippen LogP contribution in [0.1, 0.15) is 6.42 Å². The summed E-state index contributed by atoms with van der Waals surface area (Å²) < 4.78 is 0. The van der Waals surface area contributed by atoms with Gasteiger partial charge in [0.15, 0.2) is 0 Å². The molecule has 1 saturated heterocycles. The lowest BCUT2D eigenvalue weighted by atomic mass is 10.2. The number of pyridine rings is 1. The van der Waals surface area contributed by atoms with Crippen LogP contribution in [0.5, 0.6) is 0 Å².